The van der Waals surface area contributed by atoms with Gasteiger partial charge in [-0.1, -0.05) is 36.4 Å². The first-order valence-corrected chi connectivity index (χ1v) is 11.2. The van der Waals surface area contributed by atoms with Crippen LogP contribution in [0.25, 0.3) is 0 Å². The molecule has 0 aromatic heterocycles. The lowest BCUT2D eigenvalue weighted by Crippen LogP contribution is -2.43. The Hall–Kier alpha value is -4.47. The zero-order valence-electron chi connectivity index (χ0n) is 19.6. The Labute approximate surface area is 207 Å². The molecule has 0 aliphatic carbocycles. The van der Waals surface area contributed by atoms with E-state index in [0.717, 1.165) is 23.3 Å². The summed E-state index contributed by atoms with van der Waals surface area (Å²) < 4.78 is 27.4. The molecule has 1 atom stereocenters. The van der Waals surface area contributed by atoms with E-state index in [9.17, 15) is 18.4 Å². The number of guanidine groups is 1. The molecule has 0 unspecified atom stereocenters. The minimum Gasteiger partial charge on any atom is -0.399 e. The molecule has 0 spiro atoms. The number of nitrogens with zero attached hydrogens (tertiary/aromatic N) is 2. The molecule has 186 valence electrons. The number of hydrogen-bond donors (Lipinski definition) is 4. The lowest BCUT2D eigenvalue weighted by molar-refractivity contribution is -0.131. The van der Waals surface area contributed by atoms with E-state index in [1.807, 2.05) is 24.3 Å². The summed E-state index contributed by atoms with van der Waals surface area (Å²) in [4.78, 5) is 30.9. The number of nitrogen functional groups attached to an aromatic ring is 1. The molecule has 4 rings (SSSR count). The summed E-state index contributed by atoms with van der Waals surface area (Å²) in [5.41, 5.74) is 13.4. The van der Waals surface area contributed by atoms with Crippen molar-refractivity contribution in [3.05, 3.63) is 95.1 Å². The third-order valence-electron chi connectivity index (χ3n) is 5.85. The standard InChI is InChI=1S/C26H26F2N6O2/c1-26(13-18-9-10-19(27)11-22(18)28)23(35)34(24(30)33-26)15-17-7-5-16(6-8-17)14-31-25(36)32-21-4-2-3-20(29)12-21/h2-12H,13-15,29H2,1H3,(H2,30,33)(H2,31,32,36)/t26-/m1/s1. The Kier molecular flexibility index (Phi) is 6.86. The Morgan fingerprint density at radius 2 is 1.75 bits per heavy atom. The number of nitrogens with two attached hydrogens (primary N) is 2. The zero-order chi connectivity index (χ0) is 25.9. The molecule has 1 aliphatic heterocycles. The van der Waals surface area contributed by atoms with Crippen LogP contribution in [-0.2, 0) is 24.3 Å². The van der Waals surface area contributed by atoms with E-state index in [0.29, 0.717) is 17.9 Å². The molecule has 3 amide bonds. The first-order chi connectivity index (χ1) is 17.1. The summed E-state index contributed by atoms with van der Waals surface area (Å²) >= 11 is 0. The fraction of sp³-hybridized carbons (Fsp3) is 0.192. The van der Waals surface area contributed by atoms with Gasteiger partial charge in [0.25, 0.3) is 5.91 Å². The summed E-state index contributed by atoms with van der Waals surface area (Å²) in [6.45, 7) is 2.05. The molecular weight excluding hydrogens is 466 g/mol. The first-order valence-electron chi connectivity index (χ1n) is 11.2. The summed E-state index contributed by atoms with van der Waals surface area (Å²) in [6, 6.07) is 17.0. The van der Waals surface area contributed by atoms with E-state index in [1.54, 1.807) is 31.2 Å². The van der Waals surface area contributed by atoms with Crippen LogP contribution in [0.15, 0.2) is 71.7 Å². The van der Waals surface area contributed by atoms with Gasteiger partial charge < -0.3 is 22.1 Å². The number of benzene rings is 3. The number of rotatable bonds is 7. The average Bonchev–Trinajstić information content (AvgIpc) is 3.03. The highest BCUT2D eigenvalue weighted by molar-refractivity contribution is 6.06. The second-order valence-corrected chi connectivity index (χ2v) is 8.80. The highest BCUT2D eigenvalue weighted by Crippen LogP contribution is 2.28. The van der Waals surface area contributed by atoms with Crippen molar-refractivity contribution in [2.24, 2.45) is 10.7 Å². The van der Waals surface area contributed by atoms with Crippen molar-refractivity contribution in [3.63, 3.8) is 0 Å². The van der Waals surface area contributed by atoms with Gasteiger partial charge in [-0.05, 0) is 47.9 Å². The molecule has 36 heavy (non-hydrogen) atoms. The summed E-state index contributed by atoms with van der Waals surface area (Å²) in [7, 11) is 0. The maximum atomic E-state index is 14.1. The normalized spacial score (nSPS) is 17.1. The third kappa shape index (κ3) is 5.60. The number of halogens is 2. The molecule has 3 aromatic rings. The summed E-state index contributed by atoms with van der Waals surface area (Å²) in [6.07, 6.45) is -0.0443. The van der Waals surface area contributed by atoms with E-state index < -0.39 is 17.2 Å². The van der Waals surface area contributed by atoms with Crippen molar-refractivity contribution in [1.29, 1.82) is 0 Å². The molecule has 3 aromatic carbocycles. The number of carbonyl (C=O) groups is 2. The van der Waals surface area contributed by atoms with Crippen LogP contribution in [0.4, 0.5) is 25.0 Å². The number of amides is 3. The molecule has 0 radical (unpaired) electrons. The van der Waals surface area contributed by atoms with E-state index in [1.165, 1.54) is 11.0 Å². The zero-order valence-corrected chi connectivity index (χ0v) is 19.6. The monoisotopic (exact) mass is 492 g/mol. The summed E-state index contributed by atoms with van der Waals surface area (Å²) in [5, 5.41) is 5.48. The van der Waals surface area contributed by atoms with Crippen LogP contribution in [0.1, 0.15) is 23.6 Å². The molecule has 0 fully saturated rings. The SMILES string of the molecule is C[C@]1(Cc2ccc(F)cc2F)N=C(N)N(Cc2ccc(CNC(=O)Nc3cccc(N)c3)cc2)C1=O. The number of anilines is 2. The van der Waals surface area contributed by atoms with E-state index in [4.69, 9.17) is 11.5 Å². The Bertz CT molecular complexity index is 1330. The molecule has 6 N–H and O–H groups in total. The average molecular weight is 493 g/mol. The van der Waals surface area contributed by atoms with E-state index in [2.05, 4.69) is 15.6 Å². The van der Waals surface area contributed by atoms with Gasteiger partial charge in [-0.25, -0.2) is 18.6 Å². The van der Waals surface area contributed by atoms with Gasteiger partial charge in [-0.3, -0.25) is 9.69 Å². The van der Waals surface area contributed by atoms with Crippen molar-refractivity contribution in [1.82, 2.24) is 10.2 Å². The highest BCUT2D eigenvalue weighted by atomic mass is 19.1. The molecule has 1 aliphatic rings. The second kappa shape index (κ2) is 10.0. The van der Waals surface area contributed by atoms with Crippen LogP contribution in [0.5, 0.6) is 0 Å². The largest absolute Gasteiger partial charge is 0.399 e. The van der Waals surface area contributed by atoms with E-state index >= 15 is 0 Å². The molecule has 0 saturated heterocycles. The summed E-state index contributed by atoms with van der Waals surface area (Å²) in [5.74, 6) is -1.76. The predicted octanol–water partition coefficient (Wildman–Crippen LogP) is 3.53. The smallest absolute Gasteiger partial charge is 0.319 e. The van der Waals surface area contributed by atoms with Gasteiger partial charge in [0.15, 0.2) is 5.96 Å². The van der Waals surface area contributed by atoms with Crippen LogP contribution in [0.3, 0.4) is 0 Å². The minimum atomic E-state index is -1.29. The van der Waals surface area contributed by atoms with Crippen LogP contribution in [0, 0.1) is 11.6 Å². The molecular formula is C26H26F2N6O2. The van der Waals surface area contributed by atoms with Crippen molar-refractivity contribution in [3.8, 4) is 0 Å². The maximum absolute atomic E-state index is 14.1. The highest BCUT2D eigenvalue weighted by Gasteiger charge is 2.44. The van der Waals surface area contributed by atoms with Gasteiger partial charge in [-0.15, -0.1) is 0 Å². The van der Waals surface area contributed by atoms with Crippen molar-refractivity contribution in [2.45, 2.75) is 32.0 Å². The van der Waals surface area contributed by atoms with Gasteiger partial charge in [0.05, 0.1) is 6.54 Å². The number of carbonyl (C=O) groups excluding carboxylic acids is 2. The van der Waals surface area contributed by atoms with Gasteiger partial charge in [0.1, 0.15) is 17.2 Å². The third-order valence-corrected chi connectivity index (χ3v) is 5.85. The topological polar surface area (TPSA) is 126 Å². The van der Waals surface area contributed by atoms with Crippen molar-refractivity contribution in [2.75, 3.05) is 11.1 Å². The van der Waals surface area contributed by atoms with Crippen LogP contribution in [0.2, 0.25) is 0 Å². The number of nitrogens with one attached hydrogen (secondary N) is 2. The van der Waals surface area contributed by atoms with Crippen molar-refractivity contribution >= 4 is 29.3 Å². The Balaban J connectivity index is 1.34. The number of urea groups is 1. The fourth-order valence-electron chi connectivity index (χ4n) is 3.98. The molecule has 10 heteroatoms. The maximum Gasteiger partial charge on any atom is 0.319 e. The van der Waals surface area contributed by atoms with E-state index in [-0.39, 0.29) is 36.4 Å². The van der Waals surface area contributed by atoms with Gasteiger partial charge in [0, 0.05) is 30.4 Å². The Morgan fingerprint density at radius 3 is 2.44 bits per heavy atom. The molecule has 8 nitrogen and oxygen atoms in total. The lowest BCUT2D eigenvalue weighted by Gasteiger charge is -2.22. The minimum absolute atomic E-state index is 0.0361. The number of hydrogen-bond acceptors (Lipinski definition) is 5. The fourth-order valence-corrected chi connectivity index (χ4v) is 3.98. The van der Waals surface area contributed by atoms with Crippen LogP contribution < -0.4 is 22.1 Å². The first kappa shape index (κ1) is 24.6. The van der Waals surface area contributed by atoms with Crippen LogP contribution >= 0.6 is 0 Å². The second-order valence-electron chi connectivity index (χ2n) is 8.80. The van der Waals surface area contributed by atoms with Gasteiger partial charge in [0.2, 0.25) is 0 Å². The van der Waals surface area contributed by atoms with Crippen molar-refractivity contribution < 1.29 is 18.4 Å². The quantitative estimate of drug-likeness (QED) is 0.377. The number of aliphatic imine (C=N–C) groups is 1. The van der Waals surface area contributed by atoms with Gasteiger partial charge >= 0.3 is 6.03 Å². The predicted molar refractivity (Wildman–Crippen MR) is 134 cm³/mol. The molecule has 1 heterocycles. The molecule has 0 saturated carbocycles. The van der Waals surface area contributed by atoms with Gasteiger partial charge in [-0.2, -0.15) is 0 Å². The molecule has 0 bridgehead atoms. The Morgan fingerprint density at radius 1 is 1.03 bits per heavy atom. The van der Waals surface area contributed by atoms with Crippen LogP contribution in [-0.4, -0.2) is 28.3 Å². The lowest BCUT2D eigenvalue weighted by atomic mass is 9.92.